The summed E-state index contributed by atoms with van der Waals surface area (Å²) in [5.41, 5.74) is 2.31. The first-order valence-corrected chi connectivity index (χ1v) is 6.65. The Morgan fingerprint density at radius 2 is 2.22 bits per heavy atom. The molecule has 0 aliphatic carbocycles. The molecule has 0 unspecified atom stereocenters. The molecule has 18 heavy (non-hydrogen) atoms. The average Bonchev–Trinajstić information content (AvgIpc) is 2.74. The minimum atomic E-state index is 0.553. The molecule has 1 fully saturated rings. The Morgan fingerprint density at radius 1 is 1.39 bits per heavy atom. The Bertz CT molecular complexity index is 563. The van der Waals surface area contributed by atoms with E-state index in [1.807, 2.05) is 24.7 Å². The predicted molar refractivity (Wildman–Crippen MR) is 73.4 cm³/mol. The van der Waals surface area contributed by atoms with Gasteiger partial charge in [0.15, 0.2) is 0 Å². The number of hydrogen-bond donors (Lipinski definition) is 1. The second-order valence-corrected chi connectivity index (χ2v) is 5.31. The van der Waals surface area contributed by atoms with Gasteiger partial charge in [-0.05, 0) is 12.1 Å². The Balaban J connectivity index is 2.03. The first-order chi connectivity index (χ1) is 8.78. The van der Waals surface area contributed by atoms with Crippen molar-refractivity contribution in [2.24, 2.45) is 0 Å². The number of rotatable bonds is 3. The summed E-state index contributed by atoms with van der Waals surface area (Å²) in [6.45, 7) is 2.05. The Hall–Kier alpha value is -1.33. The number of methoxy groups -OCH3 is 1. The van der Waals surface area contributed by atoms with Gasteiger partial charge < -0.3 is 14.6 Å². The summed E-state index contributed by atoms with van der Waals surface area (Å²) in [5, 5.41) is 3.29. The second-order valence-electron chi connectivity index (χ2n) is 4.39. The van der Waals surface area contributed by atoms with E-state index in [1.165, 1.54) is 5.69 Å². The second kappa shape index (κ2) is 4.74. The van der Waals surface area contributed by atoms with Crippen molar-refractivity contribution in [2.45, 2.75) is 5.92 Å². The maximum Gasteiger partial charge on any atom is 0.122 e. The minimum absolute atomic E-state index is 0.553. The fourth-order valence-electron chi connectivity index (χ4n) is 2.13. The number of halogens is 1. The summed E-state index contributed by atoms with van der Waals surface area (Å²) in [6, 6.07) is 6.03. The Kier molecular flexibility index (Phi) is 3.09. The number of benzene rings is 1. The van der Waals surface area contributed by atoms with Gasteiger partial charge in [0.2, 0.25) is 0 Å². The maximum absolute atomic E-state index is 5.30. The number of aromatic nitrogens is 2. The van der Waals surface area contributed by atoms with E-state index in [0.29, 0.717) is 5.92 Å². The number of nitrogens with zero attached hydrogens (tertiary/aromatic N) is 2. The predicted octanol–water partition coefficient (Wildman–Crippen LogP) is 2.33. The van der Waals surface area contributed by atoms with Gasteiger partial charge in [-0.1, -0.05) is 15.9 Å². The zero-order valence-electron chi connectivity index (χ0n) is 10.1. The summed E-state index contributed by atoms with van der Waals surface area (Å²) < 4.78 is 8.43. The Morgan fingerprint density at radius 3 is 2.89 bits per heavy atom. The lowest BCUT2D eigenvalue weighted by Crippen LogP contribution is -2.40. The van der Waals surface area contributed by atoms with Gasteiger partial charge in [-0.25, -0.2) is 4.98 Å². The molecular weight excluding hydrogens is 294 g/mol. The first kappa shape index (κ1) is 11.7. The van der Waals surface area contributed by atoms with Crippen LogP contribution in [-0.2, 0) is 0 Å². The number of ether oxygens (including phenoxy) is 1. The third-order valence-electron chi connectivity index (χ3n) is 3.24. The van der Waals surface area contributed by atoms with Crippen molar-refractivity contribution < 1.29 is 4.74 Å². The van der Waals surface area contributed by atoms with Gasteiger partial charge in [0.05, 0.1) is 19.1 Å². The molecule has 5 heteroatoms. The van der Waals surface area contributed by atoms with Crippen LogP contribution in [0.3, 0.4) is 0 Å². The molecule has 0 radical (unpaired) electrons. The van der Waals surface area contributed by atoms with Crippen LogP contribution in [0.15, 0.2) is 35.2 Å². The molecule has 1 saturated heterocycles. The largest absolute Gasteiger partial charge is 0.497 e. The van der Waals surface area contributed by atoms with Crippen LogP contribution in [-0.4, -0.2) is 29.8 Å². The molecule has 4 nitrogen and oxygen atoms in total. The van der Waals surface area contributed by atoms with E-state index < -0.39 is 0 Å². The SMILES string of the molecule is COc1cc(Br)cc(-n2cncc2C2CNC2)c1. The van der Waals surface area contributed by atoms with Crippen LogP contribution >= 0.6 is 15.9 Å². The molecule has 94 valence electrons. The van der Waals surface area contributed by atoms with Gasteiger partial charge in [0.1, 0.15) is 5.75 Å². The van der Waals surface area contributed by atoms with E-state index in [1.54, 1.807) is 7.11 Å². The van der Waals surface area contributed by atoms with Crippen LogP contribution in [0.25, 0.3) is 5.69 Å². The van der Waals surface area contributed by atoms with Crippen LogP contribution < -0.4 is 10.1 Å². The minimum Gasteiger partial charge on any atom is -0.497 e. The lowest BCUT2D eigenvalue weighted by molar-refractivity contribution is 0.413. The van der Waals surface area contributed by atoms with Crippen LogP contribution in [0.5, 0.6) is 5.75 Å². The number of imidazole rings is 1. The van der Waals surface area contributed by atoms with Gasteiger partial charge in [-0.15, -0.1) is 0 Å². The van der Waals surface area contributed by atoms with Crippen molar-refractivity contribution >= 4 is 15.9 Å². The maximum atomic E-state index is 5.30. The zero-order chi connectivity index (χ0) is 12.5. The molecular formula is C13H14BrN3O. The summed E-state index contributed by atoms with van der Waals surface area (Å²) in [4.78, 5) is 4.27. The Labute approximate surface area is 114 Å². The van der Waals surface area contributed by atoms with Crippen molar-refractivity contribution in [2.75, 3.05) is 20.2 Å². The number of nitrogens with one attached hydrogen (secondary N) is 1. The van der Waals surface area contributed by atoms with E-state index in [0.717, 1.165) is 29.0 Å². The highest BCUT2D eigenvalue weighted by Crippen LogP contribution is 2.27. The quantitative estimate of drug-likeness (QED) is 0.946. The van der Waals surface area contributed by atoms with E-state index in [4.69, 9.17) is 4.74 Å². The third kappa shape index (κ3) is 2.04. The molecule has 1 aromatic carbocycles. The van der Waals surface area contributed by atoms with Crippen LogP contribution in [0.4, 0.5) is 0 Å². The first-order valence-electron chi connectivity index (χ1n) is 5.86. The zero-order valence-corrected chi connectivity index (χ0v) is 11.6. The van der Waals surface area contributed by atoms with Gasteiger partial charge >= 0.3 is 0 Å². The van der Waals surface area contributed by atoms with Crippen molar-refractivity contribution in [3.63, 3.8) is 0 Å². The van der Waals surface area contributed by atoms with E-state index in [2.05, 4.69) is 36.9 Å². The number of hydrogen-bond acceptors (Lipinski definition) is 3. The summed E-state index contributed by atoms with van der Waals surface area (Å²) >= 11 is 3.51. The summed E-state index contributed by atoms with van der Waals surface area (Å²) in [6.07, 6.45) is 3.80. The van der Waals surface area contributed by atoms with E-state index in [9.17, 15) is 0 Å². The van der Waals surface area contributed by atoms with E-state index >= 15 is 0 Å². The van der Waals surface area contributed by atoms with Crippen molar-refractivity contribution in [3.8, 4) is 11.4 Å². The van der Waals surface area contributed by atoms with Crippen LogP contribution in [0.1, 0.15) is 11.6 Å². The fourth-order valence-corrected chi connectivity index (χ4v) is 2.59. The van der Waals surface area contributed by atoms with Gasteiger partial charge in [-0.3, -0.25) is 0 Å². The normalized spacial score (nSPS) is 15.4. The highest BCUT2D eigenvalue weighted by atomic mass is 79.9. The standard InChI is InChI=1S/C13H14BrN3O/c1-18-12-3-10(14)2-11(4-12)17-8-16-7-13(17)9-5-15-6-9/h2-4,7-9,15H,5-6H2,1H3. The van der Waals surface area contributed by atoms with E-state index in [-0.39, 0.29) is 0 Å². The molecule has 1 N–H and O–H groups in total. The van der Waals surface area contributed by atoms with Crippen molar-refractivity contribution in [3.05, 3.63) is 40.9 Å². The van der Waals surface area contributed by atoms with Crippen molar-refractivity contribution in [1.82, 2.24) is 14.9 Å². The van der Waals surface area contributed by atoms with Crippen LogP contribution in [0, 0.1) is 0 Å². The van der Waals surface area contributed by atoms with Gasteiger partial charge in [0, 0.05) is 41.4 Å². The summed E-state index contributed by atoms with van der Waals surface area (Å²) in [5.74, 6) is 1.39. The molecule has 1 aromatic heterocycles. The highest BCUT2D eigenvalue weighted by molar-refractivity contribution is 9.10. The fraction of sp³-hybridized carbons (Fsp3) is 0.308. The third-order valence-corrected chi connectivity index (χ3v) is 3.69. The molecule has 0 bridgehead atoms. The summed E-state index contributed by atoms with van der Waals surface area (Å²) in [7, 11) is 1.68. The molecule has 2 heterocycles. The topological polar surface area (TPSA) is 39.1 Å². The molecule has 0 amide bonds. The molecule has 3 rings (SSSR count). The lowest BCUT2D eigenvalue weighted by Gasteiger charge is -2.27. The molecule has 0 saturated carbocycles. The smallest absolute Gasteiger partial charge is 0.122 e. The molecule has 0 spiro atoms. The van der Waals surface area contributed by atoms with Crippen LogP contribution in [0.2, 0.25) is 0 Å². The monoisotopic (exact) mass is 307 g/mol. The molecule has 1 aliphatic rings. The van der Waals surface area contributed by atoms with Gasteiger partial charge in [-0.2, -0.15) is 0 Å². The molecule has 0 atom stereocenters. The van der Waals surface area contributed by atoms with Gasteiger partial charge in [0.25, 0.3) is 0 Å². The lowest BCUT2D eigenvalue weighted by atomic mass is 10.00. The molecule has 1 aliphatic heterocycles. The van der Waals surface area contributed by atoms with Crippen molar-refractivity contribution in [1.29, 1.82) is 0 Å². The average molecular weight is 308 g/mol. The highest BCUT2D eigenvalue weighted by Gasteiger charge is 2.23. The molecule has 2 aromatic rings.